The monoisotopic (exact) mass is 553 g/mol. The van der Waals surface area contributed by atoms with Crippen LogP contribution in [-0.2, 0) is 4.74 Å². The van der Waals surface area contributed by atoms with E-state index >= 15 is 0 Å². The second kappa shape index (κ2) is 11.9. The van der Waals surface area contributed by atoms with E-state index in [1.807, 2.05) is 12.1 Å². The van der Waals surface area contributed by atoms with Crippen molar-refractivity contribution in [3.8, 4) is 0 Å². The van der Waals surface area contributed by atoms with Crippen molar-refractivity contribution in [2.45, 2.75) is 34.9 Å². The summed E-state index contributed by atoms with van der Waals surface area (Å²) in [5, 5.41) is 15.8. The Hall–Kier alpha value is -3.48. The van der Waals surface area contributed by atoms with Crippen LogP contribution in [-0.4, -0.2) is 59.2 Å². The molecule has 2 amide bonds. The number of ether oxygens (including phenoxy) is 1. The Labute approximate surface area is 227 Å². The highest BCUT2D eigenvalue weighted by atomic mass is 32.2. The van der Waals surface area contributed by atoms with Gasteiger partial charge in [-0.2, -0.15) is 0 Å². The van der Waals surface area contributed by atoms with E-state index in [0.717, 1.165) is 67.6 Å². The first-order chi connectivity index (χ1) is 18.5. The number of carboxylic acids is 1. The molecule has 1 aromatic carbocycles. The minimum Gasteiger partial charge on any atom is -0.476 e. The first-order valence-corrected chi connectivity index (χ1v) is 14.0. The topological polar surface area (TPSA) is 134 Å². The third kappa shape index (κ3) is 6.14. The lowest BCUT2D eigenvalue weighted by Gasteiger charge is -2.29. The molecule has 1 saturated heterocycles. The first-order valence-electron chi connectivity index (χ1n) is 12.4. The number of urea groups is 1. The number of aromatic nitrogens is 2. The third-order valence-electron chi connectivity index (χ3n) is 6.47. The summed E-state index contributed by atoms with van der Waals surface area (Å²) in [6.45, 7) is 2.72. The maximum atomic E-state index is 13.4. The van der Waals surface area contributed by atoms with E-state index in [1.165, 1.54) is 0 Å². The van der Waals surface area contributed by atoms with Crippen LogP contribution in [0.15, 0.2) is 51.8 Å². The van der Waals surface area contributed by atoms with Gasteiger partial charge in [0.2, 0.25) is 0 Å². The van der Waals surface area contributed by atoms with Crippen LogP contribution in [0, 0.1) is 5.92 Å². The van der Waals surface area contributed by atoms with Gasteiger partial charge in [0.15, 0.2) is 16.6 Å². The maximum Gasteiger partial charge on any atom is 0.356 e. The molecule has 3 heterocycles. The number of rotatable bonds is 8. The van der Waals surface area contributed by atoms with Crippen molar-refractivity contribution in [3.63, 3.8) is 0 Å². The second-order valence-electron chi connectivity index (χ2n) is 8.98. The number of hydrogen-bond acceptors (Lipinski definition) is 9. The molecular weight excluding hydrogens is 526 g/mol. The summed E-state index contributed by atoms with van der Waals surface area (Å²) in [6, 6.07) is 10.2. The minimum absolute atomic E-state index is 0.0318. The lowest BCUT2D eigenvalue weighted by atomic mass is 9.94. The molecule has 0 atom stereocenters. The summed E-state index contributed by atoms with van der Waals surface area (Å²) in [7, 11) is 0. The molecule has 0 bridgehead atoms. The summed E-state index contributed by atoms with van der Waals surface area (Å²) >= 11 is 2.21. The van der Waals surface area contributed by atoms with Crippen molar-refractivity contribution >= 4 is 57.4 Å². The molecule has 0 unspecified atom stereocenters. The number of benzene rings is 1. The van der Waals surface area contributed by atoms with Gasteiger partial charge < -0.3 is 20.1 Å². The van der Waals surface area contributed by atoms with Gasteiger partial charge >= 0.3 is 12.0 Å². The van der Waals surface area contributed by atoms with Gasteiger partial charge in [-0.25, -0.2) is 19.6 Å². The number of thiazole rings is 1. The van der Waals surface area contributed by atoms with Crippen LogP contribution in [0.3, 0.4) is 0 Å². The van der Waals surface area contributed by atoms with Gasteiger partial charge in [0.1, 0.15) is 9.24 Å². The standard InChI is InChI=1S/C26H27N5O5S2/c32-22(16-5-1-2-6-16)18-15-17(31-11-13-36-14-12-31)8-9-19(18)28-25(35)30-26-29-21(23(33)34)24(38-26)37-20-7-3-4-10-27-20/h3-4,7-10,15-16H,1-2,5-6,11-14H2,(H,33,34)(H2,28,29,30,35). The highest BCUT2D eigenvalue weighted by molar-refractivity contribution is 8.01. The number of pyridine rings is 1. The average Bonchev–Trinajstić information content (AvgIpc) is 3.60. The number of nitrogens with one attached hydrogen (secondary N) is 2. The third-order valence-corrected chi connectivity index (χ3v) is 8.57. The van der Waals surface area contributed by atoms with Crippen molar-refractivity contribution in [1.82, 2.24) is 9.97 Å². The average molecular weight is 554 g/mol. The highest BCUT2D eigenvalue weighted by Crippen LogP contribution is 2.37. The van der Waals surface area contributed by atoms with E-state index in [2.05, 4.69) is 25.5 Å². The van der Waals surface area contributed by atoms with E-state index < -0.39 is 12.0 Å². The van der Waals surface area contributed by atoms with Gasteiger partial charge in [-0.15, -0.1) is 0 Å². The molecule has 1 aliphatic carbocycles. The van der Waals surface area contributed by atoms with Gasteiger partial charge in [0.25, 0.3) is 0 Å². The molecular formula is C26H27N5O5S2. The summed E-state index contributed by atoms with van der Waals surface area (Å²) in [6.07, 6.45) is 5.36. The van der Waals surface area contributed by atoms with Gasteiger partial charge in [-0.05, 0) is 43.2 Å². The fourth-order valence-corrected chi connectivity index (χ4v) is 6.61. The number of Topliss-reactive ketones (excluding diaryl/α,β-unsaturated/α-hetero) is 1. The Morgan fingerprint density at radius 3 is 2.58 bits per heavy atom. The molecule has 12 heteroatoms. The molecule has 1 saturated carbocycles. The molecule has 0 radical (unpaired) electrons. The summed E-state index contributed by atoms with van der Waals surface area (Å²) in [4.78, 5) is 48.6. The van der Waals surface area contributed by atoms with Crippen molar-refractivity contribution < 1.29 is 24.2 Å². The number of hydrogen-bond donors (Lipinski definition) is 3. The van der Waals surface area contributed by atoms with Crippen molar-refractivity contribution in [2.75, 3.05) is 41.8 Å². The normalized spacial score (nSPS) is 15.8. The van der Waals surface area contributed by atoms with Crippen LogP contribution < -0.4 is 15.5 Å². The van der Waals surface area contributed by atoms with Crippen molar-refractivity contribution in [3.05, 3.63) is 53.9 Å². The highest BCUT2D eigenvalue weighted by Gasteiger charge is 2.27. The predicted molar refractivity (Wildman–Crippen MR) is 146 cm³/mol. The van der Waals surface area contributed by atoms with Gasteiger partial charge in [0, 0.05) is 36.5 Å². The number of carbonyl (C=O) groups excluding carboxylic acids is 2. The molecule has 5 rings (SSSR count). The summed E-state index contributed by atoms with van der Waals surface area (Å²) in [5.74, 6) is -1.22. The zero-order valence-corrected chi connectivity index (χ0v) is 22.1. The number of ketones is 1. The number of amides is 2. The maximum absolute atomic E-state index is 13.4. The van der Waals surface area contributed by atoms with Gasteiger partial charge in [-0.3, -0.25) is 10.1 Å². The molecule has 1 aliphatic heterocycles. The Bertz CT molecular complexity index is 1320. The SMILES string of the molecule is O=C(Nc1nc(C(=O)O)c(Sc2ccccn2)s1)Nc1ccc(N2CCOCC2)cc1C(=O)C1CCCC1. The van der Waals surface area contributed by atoms with E-state index in [-0.39, 0.29) is 22.5 Å². The summed E-state index contributed by atoms with van der Waals surface area (Å²) < 4.78 is 5.85. The lowest BCUT2D eigenvalue weighted by molar-refractivity contribution is 0.0687. The van der Waals surface area contributed by atoms with Gasteiger partial charge in [-0.1, -0.05) is 42.0 Å². The molecule has 198 valence electrons. The quantitative estimate of drug-likeness (QED) is 0.320. The molecule has 10 nitrogen and oxygen atoms in total. The molecule has 38 heavy (non-hydrogen) atoms. The lowest BCUT2D eigenvalue weighted by Crippen LogP contribution is -2.36. The van der Waals surface area contributed by atoms with Crippen LogP contribution in [0.1, 0.15) is 46.5 Å². The minimum atomic E-state index is -1.20. The van der Waals surface area contributed by atoms with Crippen LogP contribution in [0.4, 0.5) is 21.3 Å². The Balaban J connectivity index is 1.35. The number of carbonyl (C=O) groups is 3. The van der Waals surface area contributed by atoms with Crippen molar-refractivity contribution in [1.29, 1.82) is 0 Å². The number of aromatic carboxylic acids is 1. The number of anilines is 3. The van der Waals surface area contributed by atoms with E-state index in [1.54, 1.807) is 30.5 Å². The molecule has 2 fully saturated rings. The zero-order valence-electron chi connectivity index (χ0n) is 20.5. The van der Waals surface area contributed by atoms with E-state index in [4.69, 9.17) is 4.74 Å². The predicted octanol–water partition coefficient (Wildman–Crippen LogP) is 5.24. The largest absolute Gasteiger partial charge is 0.476 e. The second-order valence-corrected chi connectivity index (χ2v) is 11.3. The number of carboxylic acid groups (broad SMARTS) is 1. The van der Waals surface area contributed by atoms with E-state index in [9.17, 15) is 19.5 Å². The van der Waals surface area contributed by atoms with E-state index in [0.29, 0.717) is 33.7 Å². The van der Waals surface area contributed by atoms with Crippen LogP contribution in [0.25, 0.3) is 0 Å². The Kier molecular flexibility index (Phi) is 8.20. The van der Waals surface area contributed by atoms with Crippen molar-refractivity contribution in [2.24, 2.45) is 5.92 Å². The van der Waals surface area contributed by atoms with Crippen LogP contribution in [0.2, 0.25) is 0 Å². The summed E-state index contributed by atoms with van der Waals surface area (Å²) in [5.41, 5.74) is 1.65. The zero-order chi connectivity index (χ0) is 26.5. The molecule has 0 spiro atoms. The fraction of sp³-hybridized carbons (Fsp3) is 0.346. The first kappa shape index (κ1) is 26.1. The number of nitrogens with zero attached hydrogens (tertiary/aromatic N) is 3. The Morgan fingerprint density at radius 1 is 1.08 bits per heavy atom. The van der Waals surface area contributed by atoms with Crippen LogP contribution >= 0.6 is 23.1 Å². The Morgan fingerprint density at radius 2 is 1.87 bits per heavy atom. The molecule has 3 aromatic rings. The van der Waals surface area contributed by atoms with Gasteiger partial charge in [0.05, 0.1) is 18.9 Å². The fourth-order valence-electron chi connectivity index (χ4n) is 4.59. The molecule has 2 aliphatic rings. The number of morpholine rings is 1. The van der Waals surface area contributed by atoms with Crippen LogP contribution in [0.5, 0.6) is 0 Å². The molecule has 3 N–H and O–H groups in total. The smallest absolute Gasteiger partial charge is 0.356 e. The molecule has 2 aromatic heterocycles.